The number of ether oxygens (including phenoxy) is 2. The van der Waals surface area contributed by atoms with Crippen LogP contribution < -0.4 is 10.6 Å². The fraction of sp³-hybridized carbons (Fsp3) is 0.632. The Bertz CT molecular complexity index is 502. The largest absolute Gasteiger partial charge is 0.381 e. The Labute approximate surface area is 156 Å². The van der Waals surface area contributed by atoms with Crippen molar-refractivity contribution in [1.29, 1.82) is 0 Å². The van der Waals surface area contributed by atoms with Gasteiger partial charge in [0.05, 0.1) is 19.8 Å². The highest BCUT2D eigenvalue weighted by atomic mass is 32.2. The lowest BCUT2D eigenvalue weighted by atomic mass is 10.1. The van der Waals surface area contributed by atoms with Crippen molar-refractivity contribution in [2.75, 3.05) is 45.8 Å². The molecule has 1 aromatic rings. The zero-order valence-electron chi connectivity index (χ0n) is 15.4. The van der Waals surface area contributed by atoms with Crippen molar-refractivity contribution in [1.82, 2.24) is 10.6 Å². The Morgan fingerprint density at radius 2 is 2.16 bits per heavy atom. The minimum absolute atomic E-state index is 0.587. The van der Waals surface area contributed by atoms with Crippen molar-refractivity contribution < 1.29 is 9.47 Å². The van der Waals surface area contributed by atoms with E-state index in [4.69, 9.17) is 9.47 Å². The minimum Gasteiger partial charge on any atom is -0.381 e. The van der Waals surface area contributed by atoms with Crippen LogP contribution in [0.3, 0.4) is 0 Å². The van der Waals surface area contributed by atoms with E-state index in [1.54, 1.807) is 11.8 Å². The number of benzene rings is 1. The summed E-state index contributed by atoms with van der Waals surface area (Å²) in [5.74, 6) is 1.45. The van der Waals surface area contributed by atoms with Gasteiger partial charge in [-0.25, -0.2) is 4.99 Å². The molecule has 140 valence electrons. The highest BCUT2D eigenvalue weighted by Gasteiger charge is 2.15. The Kier molecular flexibility index (Phi) is 9.77. The van der Waals surface area contributed by atoms with E-state index in [2.05, 4.69) is 53.1 Å². The summed E-state index contributed by atoms with van der Waals surface area (Å²) in [6, 6.07) is 8.56. The van der Waals surface area contributed by atoms with Gasteiger partial charge in [0.25, 0.3) is 0 Å². The van der Waals surface area contributed by atoms with Crippen LogP contribution in [0.4, 0.5) is 0 Å². The van der Waals surface area contributed by atoms with Crippen molar-refractivity contribution in [2.24, 2.45) is 10.9 Å². The molecule has 1 aromatic carbocycles. The molecule has 0 bridgehead atoms. The first-order valence-electron chi connectivity index (χ1n) is 9.12. The molecule has 0 aromatic heterocycles. The van der Waals surface area contributed by atoms with E-state index >= 15 is 0 Å². The van der Waals surface area contributed by atoms with Crippen LogP contribution in [0.25, 0.3) is 0 Å². The number of nitrogens with zero attached hydrogens (tertiary/aromatic N) is 1. The standard InChI is InChI=1S/C19H31N3O2S/c1-3-20-19(22-13-16-5-7-18(25-2)8-6-16)21-10-4-11-23-14-17-9-12-24-15-17/h5-8,17H,3-4,9-15H2,1-2H3,(H2,20,21,22). The Hall–Kier alpha value is -1.24. The van der Waals surface area contributed by atoms with E-state index in [9.17, 15) is 0 Å². The van der Waals surface area contributed by atoms with Crippen molar-refractivity contribution in [3.8, 4) is 0 Å². The maximum atomic E-state index is 5.73. The van der Waals surface area contributed by atoms with Crippen molar-refractivity contribution in [3.63, 3.8) is 0 Å². The molecule has 0 amide bonds. The average Bonchev–Trinajstić information content (AvgIpc) is 3.16. The molecule has 0 spiro atoms. The van der Waals surface area contributed by atoms with Crippen LogP contribution in [0.1, 0.15) is 25.3 Å². The lowest BCUT2D eigenvalue weighted by Gasteiger charge is -2.12. The number of aliphatic imine (C=N–C) groups is 1. The third kappa shape index (κ3) is 8.12. The van der Waals surface area contributed by atoms with Gasteiger partial charge in [-0.15, -0.1) is 11.8 Å². The second-order valence-corrected chi connectivity index (χ2v) is 7.01. The lowest BCUT2D eigenvalue weighted by Crippen LogP contribution is -2.38. The van der Waals surface area contributed by atoms with Crippen LogP contribution in [0.2, 0.25) is 0 Å². The minimum atomic E-state index is 0.587. The summed E-state index contributed by atoms with van der Waals surface area (Å²) in [5.41, 5.74) is 1.22. The van der Waals surface area contributed by atoms with E-state index in [0.29, 0.717) is 12.5 Å². The highest BCUT2D eigenvalue weighted by Crippen LogP contribution is 2.15. The SMILES string of the molecule is CCNC(=NCc1ccc(SC)cc1)NCCCOCC1CCOC1. The summed E-state index contributed by atoms with van der Waals surface area (Å²) < 4.78 is 11.1. The molecule has 1 heterocycles. The summed E-state index contributed by atoms with van der Waals surface area (Å²) in [4.78, 5) is 5.93. The van der Waals surface area contributed by atoms with Crippen LogP contribution in [0.5, 0.6) is 0 Å². The van der Waals surface area contributed by atoms with Crippen LogP contribution >= 0.6 is 11.8 Å². The second kappa shape index (κ2) is 12.2. The molecule has 1 unspecified atom stereocenters. The fourth-order valence-electron chi connectivity index (χ4n) is 2.59. The fourth-order valence-corrected chi connectivity index (χ4v) is 3.00. The molecule has 5 nitrogen and oxygen atoms in total. The number of thioether (sulfide) groups is 1. The Morgan fingerprint density at radius 1 is 1.32 bits per heavy atom. The third-order valence-electron chi connectivity index (χ3n) is 4.06. The van der Waals surface area contributed by atoms with E-state index in [1.807, 2.05) is 0 Å². The van der Waals surface area contributed by atoms with E-state index in [-0.39, 0.29) is 0 Å². The summed E-state index contributed by atoms with van der Waals surface area (Å²) in [6.07, 6.45) is 4.19. The van der Waals surface area contributed by atoms with Crippen molar-refractivity contribution >= 4 is 17.7 Å². The number of hydrogen-bond acceptors (Lipinski definition) is 4. The van der Waals surface area contributed by atoms with Gasteiger partial charge in [0.1, 0.15) is 0 Å². The van der Waals surface area contributed by atoms with Crippen LogP contribution in [-0.2, 0) is 16.0 Å². The second-order valence-electron chi connectivity index (χ2n) is 6.13. The lowest BCUT2D eigenvalue weighted by molar-refractivity contribution is 0.0888. The number of guanidine groups is 1. The third-order valence-corrected chi connectivity index (χ3v) is 4.80. The molecule has 0 aliphatic carbocycles. The maximum absolute atomic E-state index is 5.73. The highest BCUT2D eigenvalue weighted by molar-refractivity contribution is 7.98. The quantitative estimate of drug-likeness (QED) is 0.289. The first-order chi connectivity index (χ1) is 12.3. The molecule has 1 aliphatic rings. The monoisotopic (exact) mass is 365 g/mol. The van der Waals surface area contributed by atoms with Gasteiger partial charge < -0.3 is 20.1 Å². The molecule has 2 rings (SSSR count). The van der Waals surface area contributed by atoms with Crippen LogP contribution in [0, 0.1) is 5.92 Å². The van der Waals surface area contributed by atoms with Gasteiger partial charge in [0.15, 0.2) is 5.96 Å². The zero-order valence-corrected chi connectivity index (χ0v) is 16.2. The molecule has 1 aliphatic heterocycles. The first-order valence-corrected chi connectivity index (χ1v) is 10.3. The summed E-state index contributed by atoms with van der Waals surface area (Å²) >= 11 is 1.76. The molecule has 2 N–H and O–H groups in total. The van der Waals surface area contributed by atoms with Gasteiger partial charge in [-0.3, -0.25) is 0 Å². The Balaban J connectivity index is 1.64. The van der Waals surface area contributed by atoms with Gasteiger partial charge in [-0.05, 0) is 43.7 Å². The van der Waals surface area contributed by atoms with Gasteiger partial charge in [0, 0.05) is 37.1 Å². The summed E-state index contributed by atoms with van der Waals surface area (Å²) in [5, 5.41) is 6.66. The smallest absolute Gasteiger partial charge is 0.191 e. The molecule has 1 fully saturated rings. The zero-order chi connectivity index (χ0) is 17.7. The Morgan fingerprint density at radius 3 is 2.84 bits per heavy atom. The van der Waals surface area contributed by atoms with E-state index in [1.165, 1.54) is 10.5 Å². The molecule has 0 radical (unpaired) electrons. The molecule has 1 atom stereocenters. The number of hydrogen-bond donors (Lipinski definition) is 2. The van der Waals surface area contributed by atoms with Crippen molar-refractivity contribution in [2.45, 2.75) is 31.2 Å². The summed E-state index contributed by atoms with van der Waals surface area (Å²) in [6.45, 7) is 7.82. The molecule has 6 heteroatoms. The molecule has 25 heavy (non-hydrogen) atoms. The molecule has 1 saturated heterocycles. The van der Waals surface area contributed by atoms with Gasteiger partial charge >= 0.3 is 0 Å². The predicted octanol–water partition coefficient (Wildman–Crippen LogP) is 2.91. The van der Waals surface area contributed by atoms with Gasteiger partial charge in [-0.2, -0.15) is 0 Å². The number of nitrogens with one attached hydrogen (secondary N) is 2. The molecular formula is C19H31N3O2S. The van der Waals surface area contributed by atoms with Crippen molar-refractivity contribution in [3.05, 3.63) is 29.8 Å². The number of rotatable bonds is 10. The first kappa shape index (κ1) is 20.1. The summed E-state index contributed by atoms with van der Waals surface area (Å²) in [7, 11) is 0. The topological polar surface area (TPSA) is 54.9 Å². The van der Waals surface area contributed by atoms with Gasteiger partial charge in [0.2, 0.25) is 0 Å². The van der Waals surface area contributed by atoms with Crippen LogP contribution in [-0.4, -0.2) is 51.7 Å². The maximum Gasteiger partial charge on any atom is 0.191 e. The predicted molar refractivity (Wildman–Crippen MR) is 105 cm³/mol. The van der Waals surface area contributed by atoms with E-state index < -0.39 is 0 Å². The van der Waals surface area contributed by atoms with Crippen LogP contribution in [0.15, 0.2) is 34.2 Å². The molecular weight excluding hydrogens is 334 g/mol. The average molecular weight is 366 g/mol. The molecule has 0 saturated carbocycles. The normalized spacial score (nSPS) is 17.7. The van der Waals surface area contributed by atoms with E-state index in [0.717, 1.165) is 58.3 Å². The van der Waals surface area contributed by atoms with Gasteiger partial charge in [-0.1, -0.05) is 12.1 Å².